The number of primary amides is 1. The Labute approximate surface area is 210 Å². The smallest absolute Gasteiger partial charge is 0.265 e. The SMILES string of the molecule is CC(=O)N1C[C@H]2C[C@H](C(=O)Nc3cc(-c4cc(C(N)=O)n5c4CC(C)(C)C5)c(Cl)cn3)[C@@H](C)[C@H]2C1. The van der Waals surface area contributed by atoms with Gasteiger partial charge in [-0.2, -0.15) is 0 Å². The van der Waals surface area contributed by atoms with Crippen molar-refractivity contribution in [3.8, 4) is 11.1 Å². The molecule has 8 nitrogen and oxygen atoms in total. The molecule has 0 bridgehead atoms. The van der Waals surface area contributed by atoms with Gasteiger partial charge in [0.25, 0.3) is 5.91 Å². The standard InChI is InChI=1S/C26H32ClN5O3/c1-13-16(5-15-10-31(14(2)33)11-19(13)15)25(35)30-23-7-17(20(27)9-29-23)18-6-21(24(28)34)32-12-26(3,4)8-22(18)32/h6-7,9,13,15-16,19H,5,8,10-12H2,1-4H3,(H2,28,34)(H,29,30,35)/t13-,15-,16+,19-/m1/s1. The second kappa shape index (κ2) is 8.36. The van der Waals surface area contributed by atoms with Gasteiger partial charge in [-0.05, 0) is 48.1 Å². The lowest BCUT2D eigenvalue weighted by atomic mass is 9.89. The fourth-order valence-electron chi connectivity index (χ4n) is 6.45. The zero-order valence-electron chi connectivity index (χ0n) is 20.6. The third-order valence-corrected chi connectivity index (χ3v) is 8.53. The zero-order valence-corrected chi connectivity index (χ0v) is 21.4. The first-order chi connectivity index (χ1) is 16.4. The van der Waals surface area contributed by atoms with Crippen LogP contribution < -0.4 is 11.1 Å². The van der Waals surface area contributed by atoms with E-state index in [1.807, 2.05) is 9.47 Å². The number of anilines is 1. The molecule has 2 aromatic heterocycles. The van der Waals surface area contributed by atoms with Crippen molar-refractivity contribution in [1.29, 1.82) is 0 Å². The van der Waals surface area contributed by atoms with Crippen molar-refractivity contribution < 1.29 is 14.4 Å². The molecule has 3 amide bonds. The molecule has 4 atom stereocenters. The van der Waals surface area contributed by atoms with E-state index in [1.165, 1.54) is 6.20 Å². The quantitative estimate of drug-likeness (QED) is 0.672. The van der Waals surface area contributed by atoms with Crippen LogP contribution in [0.4, 0.5) is 5.82 Å². The molecule has 186 valence electrons. The zero-order chi connectivity index (χ0) is 25.2. The van der Waals surface area contributed by atoms with Crippen LogP contribution in [0.2, 0.25) is 5.02 Å². The number of fused-ring (bicyclic) bond motifs is 2. The molecule has 1 aliphatic carbocycles. The van der Waals surface area contributed by atoms with Crippen molar-refractivity contribution in [2.24, 2.45) is 34.8 Å². The maximum absolute atomic E-state index is 13.2. The summed E-state index contributed by atoms with van der Waals surface area (Å²) in [6.45, 7) is 10.2. The molecule has 4 heterocycles. The van der Waals surface area contributed by atoms with E-state index in [2.05, 4.69) is 31.1 Å². The summed E-state index contributed by atoms with van der Waals surface area (Å²) in [5.74, 6) is 0.779. The van der Waals surface area contributed by atoms with Crippen LogP contribution in [0.25, 0.3) is 11.1 Å². The Hall–Kier alpha value is -2.87. The predicted molar refractivity (Wildman–Crippen MR) is 134 cm³/mol. The van der Waals surface area contributed by atoms with Crippen molar-refractivity contribution in [2.75, 3.05) is 18.4 Å². The van der Waals surface area contributed by atoms with Crippen LogP contribution >= 0.6 is 11.6 Å². The first-order valence-corrected chi connectivity index (χ1v) is 12.6. The molecule has 0 aromatic carbocycles. The number of aromatic nitrogens is 2. The number of rotatable bonds is 4. The minimum atomic E-state index is -0.474. The van der Waals surface area contributed by atoms with Crippen LogP contribution in [0, 0.1) is 29.1 Å². The van der Waals surface area contributed by atoms with Crippen LogP contribution in [-0.4, -0.2) is 45.3 Å². The lowest BCUT2D eigenvalue weighted by Crippen LogP contribution is -2.32. The summed E-state index contributed by atoms with van der Waals surface area (Å²) in [5, 5.41) is 3.45. The Morgan fingerprint density at radius 3 is 2.60 bits per heavy atom. The molecule has 2 fully saturated rings. The fourth-order valence-corrected chi connectivity index (χ4v) is 6.66. The Morgan fingerprint density at radius 1 is 1.20 bits per heavy atom. The van der Waals surface area contributed by atoms with Gasteiger partial charge < -0.3 is 20.5 Å². The van der Waals surface area contributed by atoms with Gasteiger partial charge in [0.15, 0.2) is 0 Å². The number of likely N-dealkylation sites (tertiary alicyclic amines) is 1. The highest BCUT2D eigenvalue weighted by Gasteiger charge is 2.48. The topological polar surface area (TPSA) is 110 Å². The molecular weight excluding hydrogens is 466 g/mol. The molecule has 1 saturated carbocycles. The Kier molecular flexibility index (Phi) is 5.70. The summed E-state index contributed by atoms with van der Waals surface area (Å²) >= 11 is 6.55. The number of nitrogens with two attached hydrogens (primary N) is 1. The average Bonchev–Trinajstić information content (AvgIpc) is 3.48. The van der Waals surface area contributed by atoms with E-state index in [-0.39, 0.29) is 29.1 Å². The summed E-state index contributed by atoms with van der Waals surface area (Å²) in [6.07, 6.45) is 3.10. The molecule has 9 heteroatoms. The molecule has 2 aromatic rings. The number of carbonyl (C=O) groups excluding carboxylic acids is 3. The van der Waals surface area contributed by atoms with Crippen LogP contribution in [0.15, 0.2) is 18.3 Å². The van der Waals surface area contributed by atoms with E-state index < -0.39 is 5.91 Å². The third-order valence-electron chi connectivity index (χ3n) is 8.23. The normalized spacial score (nSPS) is 26.5. The van der Waals surface area contributed by atoms with E-state index in [9.17, 15) is 14.4 Å². The van der Waals surface area contributed by atoms with Crippen molar-refractivity contribution in [1.82, 2.24) is 14.5 Å². The second-order valence-corrected chi connectivity index (χ2v) is 11.7. The number of hydrogen-bond acceptors (Lipinski definition) is 4. The molecule has 5 rings (SSSR count). The van der Waals surface area contributed by atoms with Crippen molar-refractivity contribution in [3.63, 3.8) is 0 Å². The van der Waals surface area contributed by atoms with E-state index in [1.54, 1.807) is 19.1 Å². The highest BCUT2D eigenvalue weighted by molar-refractivity contribution is 6.33. The molecule has 3 N–H and O–H groups in total. The first kappa shape index (κ1) is 23.9. The maximum atomic E-state index is 13.2. The molecule has 0 radical (unpaired) electrons. The maximum Gasteiger partial charge on any atom is 0.265 e. The Morgan fingerprint density at radius 2 is 1.94 bits per heavy atom. The monoisotopic (exact) mass is 497 g/mol. The van der Waals surface area contributed by atoms with Crippen molar-refractivity contribution in [2.45, 2.75) is 47.1 Å². The highest BCUT2D eigenvalue weighted by Crippen LogP contribution is 2.46. The van der Waals surface area contributed by atoms with Gasteiger partial charge in [0.1, 0.15) is 11.5 Å². The largest absolute Gasteiger partial charge is 0.364 e. The number of hydrogen-bond donors (Lipinski definition) is 2. The van der Waals surface area contributed by atoms with Crippen LogP contribution in [0.3, 0.4) is 0 Å². The highest BCUT2D eigenvalue weighted by atomic mass is 35.5. The minimum Gasteiger partial charge on any atom is -0.364 e. The van der Waals surface area contributed by atoms with Crippen LogP contribution in [0.1, 0.15) is 50.3 Å². The third kappa shape index (κ3) is 4.11. The van der Waals surface area contributed by atoms with Gasteiger partial charge in [-0.15, -0.1) is 0 Å². The van der Waals surface area contributed by atoms with Crippen LogP contribution in [0.5, 0.6) is 0 Å². The number of pyridine rings is 1. The van der Waals surface area contributed by atoms with Crippen LogP contribution in [-0.2, 0) is 22.6 Å². The lowest BCUT2D eigenvalue weighted by Gasteiger charge is -2.22. The Balaban J connectivity index is 1.38. The molecular formula is C26H32ClN5O3. The van der Waals surface area contributed by atoms with Gasteiger partial charge in [-0.3, -0.25) is 14.4 Å². The lowest BCUT2D eigenvalue weighted by molar-refractivity contribution is -0.128. The summed E-state index contributed by atoms with van der Waals surface area (Å²) < 4.78 is 1.98. The molecule has 2 aliphatic heterocycles. The summed E-state index contributed by atoms with van der Waals surface area (Å²) in [6, 6.07) is 3.57. The van der Waals surface area contributed by atoms with Gasteiger partial charge in [-0.25, -0.2) is 4.98 Å². The number of nitrogens with zero attached hydrogens (tertiary/aromatic N) is 3. The van der Waals surface area contributed by atoms with Crippen molar-refractivity contribution >= 4 is 35.1 Å². The van der Waals surface area contributed by atoms with Gasteiger partial charge in [0.2, 0.25) is 11.8 Å². The van der Waals surface area contributed by atoms with E-state index in [4.69, 9.17) is 17.3 Å². The number of nitrogens with one attached hydrogen (secondary N) is 1. The number of halogens is 1. The van der Waals surface area contributed by atoms with E-state index in [0.717, 1.165) is 42.8 Å². The minimum absolute atomic E-state index is 0.000735. The second-order valence-electron chi connectivity index (χ2n) is 11.3. The molecule has 35 heavy (non-hydrogen) atoms. The molecule has 0 unspecified atom stereocenters. The molecule has 0 spiro atoms. The van der Waals surface area contributed by atoms with Gasteiger partial charge in [0, 0.05) is 55.5 Å². The van der Waals surface area contributed by atoms with Gasteiger partial charge in [-0.1, -0.05) is 32.4 Å². The van der Waals surface area contributed by atoms with Crippen molar-refractivity contribution in [3.05, 3.63) is 34.7 Å². The summed E-state index contributed by atoms with van der Waals surface area (Å²) in [5.41, 5.74) is 8.71. The predicted octanol–water partition coefficient (Wildman–Crippen LogP) is 3.57. The molecule has 1 saturated heterocycles. The average molecular weight is 498 g/mol. The summed E-state index contributed by atoms with van der Waals surface area (Å²) in [7, 11) is 0. The van der Waals surface area contributed by atoms with Gasteiger partial charge >= 0.3 is 0 Å². The van der Waals surface area contributed by atoms with E-state index in [0.29, 0.717) is 34.9 Å². The number of amides is 3. The van der Waals surface area contributed by atoms with Gasteiger partial charge in [0.05, 0.1) is 5.02 Å². The molecule has 3 aliphatic rings. The number of carbonyl (C=O) groups is 3. The summed E-state index contributed by atoms with van der Waals surface area (Å²) in [4.78, 5) is 43.4. The fraction of sp³-hybridized carbons (Fsp3) is 0.538. The Bertz CT molecular complexity index is 1240. The van der Waals surface area contributed by atoms with E-state index >= 15 is 0 Å². The first-order valence-electron chi connectivity index (χ1n) is 12.2.